The van der Waals surface area contributed by atoms with E-state index in [2.05, 4.69) is 11.4 Å². The summed E-state index contributed by atoms with van der Waals surface area (Å²) < 4.78 is 12.9. The van der Waals surface area contributed by atoms with Crippen LogP contribution >= 0.6 is 11.6 Å². The van der Waals surface area contributed by atoms with Crippen molar-refractivity contribution in [2.24, 2.45) is 0 Å². The average Bonchev–Trinajstić information content (AvgIpc) is 2.38. The van der Waals surface area contributed by atoms with Crippen molar-refractivity contribution < 1.29 is 4.39 Å². The van der Waals surface area contributed by atoms with Crippen molar-refractivity contribution >= 4 is 17.3 Å². The van der Waals surface area contributed by atoms with Gasteiger partial charge in [-0.3, -0.25) is 0 Å². The minimum absolute atomic E-state index is 0.352. The Morgan fingerprint density at radius 3 is 2.78 bits per heavy atom. The van der Waals surface area contributed by atoms with Crippen molar-refractivity contribution in [3.05, 3.63) is 64.4 Å². The van der Waals surface area contributed by atoms with Crippen LogP contribution in [0.25, 0.3) is 0 Å². The highest BCUT2D eigenvalue weighted by atomic mass is 35.5. The third kappa shape index (κ3) is 2.99. The fraction of sp³-hybridized carbons (Fsp3) is 0.0714. The third-order valence-electron chi connectivity index (χ3n) is 2.49. The van der Waals surface area contributed by atoms with Crippen LogP contribution in [0.1, 0.15) is 11.1 Å². The second-order valence-corrected chi connectivity index (χ2v) is 4.19. The van der Waals surface area contributed by atoms with E-state index in [-0.39, 0.29) is 5.82 Å². The van der Waals surface area contributed by atoms with E-state index in [1.165, 1.54) is 12.1 Å². The van der Waals surface area contributed by atoms with E-state index in [1.807, 2.05) is 6.07 Å². The Labute approximate surface area is 110 Å². The molecule has 2 aromatic rings. The van der Waals surface area contributed by atoms with Crippen LogP contribution in [-0.2, 0) is 6.54 Å². The van der Waals surface area contributed by atoms with Crippen LogP contribution < -0.4 is 5.32 Å². The molecule has 0 bridgehead atoms. The summed E-state index contributed by atoms with van der Waals surface area (Å²) in [4.78, 5) is 0. The summed E-state index contributed by atoms with van der Waals surface area (Å²) in [5.74, 6) is -0.352. The molecule has 0 unspecified atom stereocenters. The Bertz CT molecular complexity index is 605. The van der Waals surface area contributed by atoms with Crippen LogP contribution in [0.3, 0.4) is 0 Å². The lowest BCUT2D eigenvalue weighted by Crippen LogP contribution is -2.00. The second kappa shape index (κ2) is 5.52. The molecule has 0 atom stereocenters. The number of anilines is 1. The molecule has 2 aromatic carbocycles. The third-order valence-corrected chi connectivity index (χ3v) is 2.84. The first kappa shape index (κ1) is 12.4. The van der Waals surface area contributed by atoms with Gasteiger partial charge in [0.25, 0.3) is 0 Å². The summed E-state index contributed by atoms with van der Waals surface area (Å²) in [6.07, 6.45) is 0. The lowest BCUT2D eigenvalue weighted by molar-refractivity contribution is 0.627. The number of benzene rings is 2. The molecule has 0 saturated heterocycles. The molecule has 0 aliphatic heterocycles. The van der Waals surface area contributed by atoms with Gasteiger partial charge in [0.05, 0.1) is 11.6 Å². The summed E-state index contributed by atoms with van der Waals surface area (Å²) in [6.45, 7) is 0.480. The average molecular weight is 261 g/mol. The molecule has 90 valence electrons. The molecule has 18 heavy (non-hydrogen) atoms. The molecular formula is C14H10ClFN2. The molecule has 0 amide bonds. The van der Waals surface area contributed by atoms with Crippen molar-refractivity contribution in [2.45, 2.75) is 6.54 Å². The van der Waals surface area contributed by atoms with Gasteiger partial charge in [0.2, 0.25) is 0 Å². The number of nitriles is 1. The van der Waals surface area contributed by atoms with Crippen molar-refractivity contribution in [3.8, 4) is 6.07 Å². The van der Waals surface area contributed by atoms with Crippen LogP contribution in [-0.4, -0.2) is 0 Å². The van der Waals surface area contributed by atoms with Crippen molar-refractivity contribution in [2.75, 3.05) is 5.32 Å². The molecule has 0 radical (unpaired) electrons. The zero-order valence-corrected chi connectivity index (χ0v) is 10.2. The fourth-order valence-corrected chi connectivity index (χ4v) is 1.80. The molecule has 0 fully saturated rings. The quantitative estimate of drug-likeness (QED) is 0.907. The van der Waals surface area contributed by atoms with Gasteiger partial charge in [0.15, 0.2) is 0 Å². The first-order valence-corrected chi connectivity index (χ1v) is 5.75. The highest BCUT2D eigenvalue weighted by Crippen LogP contribution is 2.19. The Hall–Kier alpha value is -2.05. The van der Waals surface area contributed by atoms with Gasteiger partial charge >= 0.3 is 0 Å². The largest absolute Gasteiger partial charge is 0.381 e. The van der Waals surface area contributed by atoms with Gasteiger partial charge in [0.1, 0.15) is 5.82 Å². The topological polar surface area (TPSA) is 35.8 Å². The maximum Gasteiger partial charge on any atom is 0.124 e. The number of hydrogen-bond acceptors (Lipinski definition) is 2. The minimum atomic E-state index is -0.352. The molecule has 1 N–H and O–H groups in total. The molecule has 0 spiro atoms. The van der Waals surface area contributed by atoms with E-state index in [1.54, 1.807) is 24.3 Å². The van der Waals surface area contributed by atoms with Crippen LogP contribution in [0.15, 0.2) is 42.5 Å². The van der Waals surface area contributed by atoms with Gasteiger partial charge in [-0.25, -0.2) is 4.39 Å². The van der Waals surface area contributed by atoms with Gasteiger partial charge in [0, 0.05) is 17.3 Å². The van der Waals surface area contributed by atoms with Crippen molar-refractivity contribution in [3.63, 3.8) is 0 Å². The number of hydrogen-bond donors (Lipinski definition) is 1. The van der Waals surface area contributed by atoms with E-state index < -0.39 is 0 Å². The summed E-state index contributed by atoms with van der Waals surface area (Å²) in [5.41, 5.74) is 2.22. The predicted octanol–water partition coefficient (Wildman–Crippen LogP) is 3.96. The number of halogens is 2. The molecule has 2 nitrogen and oxygen atoms in total. The van der Waals surface area contributed by atoms with Crippen molar-refractivity contribution in [1.82, 2.24) is 0 Å². The van der Waals surface area contributed by atoms with Gasteiger partial charge in [-0.2, -0.15) is 5.26 Å². The highest BCUT2D eigenvalue weighted by Gasteiger charge is 2.02. The molecule has 0 aliphatic carbocycles. The number of nitrogens with zero attached hydrogens (tertiary/aromatic N) is 1. The first-order valence-electron chi connectivity index (χ1n) is 5.37. The monoisotopic (exact) mass is 260 g/mol. The molecule has 2 rings (SSSR count). The van der Waals surface area contributed by atoms with E-state index in [0.717, 1.165) is 11.3 Å². The summed E-state index contributed by atoms with van der Waals surface area (Å²) >= 11 is 5.92. The smallest absolute Gasteiger partial charge is 0.124 e. The summed E-state index contributed by atoms with van der Waals surface area (Å²) in [5, 5.41) is 12.3. The Balaban J connectivity index is 2.09. The van der Waals surface area contributed by atoms with E-state index in [0.29, 0.717) is 17.1 Å². The highest BCUT2D eigenvalue weighted by molar-refractivity contribution is 6.31. The molecular weight excluding hydrogens is 251 g/mol. The summed E-state index contributed by atoms with van der Waals surface area (Å²) in [7, 11) is 0. The normalized spacial score (nSPS) is 9.83. The predicted molar refractivity (Wildman–Crippen MR) is 69.9 cm³/mol. The van der Waals surface area contributed by atoms with Crippen LogP contribution in [0.5, 0.6) is 0 Å². The Morgan fingerprint density at radius 1 is 1.22 bits per heavy atom. The molecule has 0 aromatic heterocycles. The fourth-order valence-electron chi connectivity index (χ4n) is 1.56. The lowest BCUT2D eigenvalue weighted by atomic mass is 10.2. The lowest BCUT2D eigenvalue weighted by Gasteiger charge is -2.08. The van der Waals surface area contributed by atoms with E-state index >= 15 is 0 Å². The SMILES string of the molecule is N#Cc1cccc(NCc2ccc(F)cc2Cl)c1. The van der Waals surface area contributed by atoms with Gasteiger partial charge < -0.3 is 5.32 Å². The van der Waals surface area contributed by atoms with Gasteiger partial charge in [-0.05, 0) is 35.9 Å². The standard InChI is InChI=1S/C14H10ClFN2/c15-14-7-12(16)5-4-11(14)9-18-13-3-1-2-10(6-13)8-17/h1-7,18H,9H2. The summed E-state index contributed by atoms with van der Waals surface area (Å²) in [6, 6.07) is 13.5. The zero-order valence-electron chi connectivity index (χ0n) is 9.45. The Kier molecular flexibility index (Phi) is 3.81. The van der Waals surface area contributed by atoms with Gasteiger partial charge in [-0.1, -0.05) is 23.7 Å². The maximum absolute atomic E-state index is 12.9. The molecule has 0 aliphatic rings. The van der Waals surface area contributed by atoms with Crippen LogP contribution in [0.2, 0.25) is 5.02 Å². The minimum Gasteiger partial charge on any atom is -0.381 e. The number of nitrogens with one attached hydrogen (secondary N) is 1. The second-order valence-electron chi connectivity index (χ2n) is 3.78. The van der Waals surface area contributed by atoms with Crippen LogP contribution in [0.4, 0.5) is 10.1 Å². The van der Waals surface area contributed by atoms with E-state index in [4.69, 9.17) is 16.9 Å². The molecule has 4 heteroatoms. The number of rotatable bonds is 3. The van der Waals surface area contributed by atoms with Crippen LogP contribution in [0, 0.1) is 17.1 Å². The Morgan fingerprint density at radius 2 is 2.06 bits per heavy atom. The maximum atomic E-state index is 12.9. The first-order chi connectivity index (χ1) is 8.69. The molecule has 0 heterocycles. The van der Waals surface area contributed by atoms with E-state index in [9.17, 15) is 4.39 Å². The van der Waals surface area contributed by atoms with Gasteiger partial charge in [-0.15, -0.1) is 0 Å². The van der Waals surface area contributed by atoms with Crippen molar-refractivity contribution in [1.29, 1.82) is 5.26 Å². The molecule has 0 saturated carbocycles. The zero-order chi connectivity index (χ0) is 13.0.